The van der Waals surface area contributed by atoms with E-state index in [0.717, 1.165) is 5.56 Å². The topological polar surface area (TPSA) is 83.4 Å². The fourth-order valence-corrected chi connectivity index (χ4v) is 4.14. The molecule has 176 valence electrons. The largest absolute Gasteiger partial charge is 0.322 e. The molecule has 2 aromatic carbocycles. The molecule has 0 spiro atoms. The lowest BCUT2D eigenvalue weighted by Crippen LogP contribution is -2.45. The number of aryl methyl sites for hydroxylation is 1. The monoisotopic (exact) mass is 482 g/mol. The summed E-state index contributed by atoms with van der Waals surface area (Å²) in [7, 11) is 0. The number of aromatic nitrogens is 1. The highest BCUT2D eigenvalue weighted by Crippen LogP contribution is 2.26. The molecule has 0 unspecified atom stereocenters. The van der Waals surface area contributed by atoms with E-state index in [2.05, 4.69) is 10.6 Å². The molecule has 1 saturated heterocycles. The van der Waals surface area contributed by atoms with Crippen molar-refractivity contribution in [3.63, 3.8) is 0 Å². The van der Waals surface area contributed by atoms with Gasteiger partial charge in [-0.25, -0.2) is 9.18 Å². The van der Waals surface area contributed by atoms with Gasteiger partial charge in [0.05, 0.1) is 11.4 Å². The zero-order chi connectivity index (χ0) is 24.4. The molecule has 34 heavy (non-hydrogen) atoms. The summed E-state index contributed by atoms with van der Waals surface area (Å²) >= 11 is 5.88. The minimum Gasteiger partial charge on any atom is -0.322 e. The summed E-state index contributed by atoms with van der Waals surface area (Å²) in [4.78, 5) is 39.4. The number of rotatable bonds is 4. The van der Waals surface area contributed by atoms with Crippen molar-refractivity contribution in [2.24, 2.45) is 5.92 Å². The van der Waals surface area contributed by atoms with E-state index in [4.69, 9.17) is 11.6 Å². The molecule has 1 aliphatic heterocycles. The zero-order valence-corrected chi connectivity index (χ0v) is 19.5. The van der Waals surface area contributed by atoms with E-state index < -0.39 is 23.8 Å². The summed E-state index contributed by atoms with van der Waals surface area (Å²) in [5.74, 6) is -1.05. The highest BCUT2D eigenvalue weighted by Gasteiger charge is 2.38. The van der Waals surface area contributed by atoms with Crippen molar-refractivity contribution >= 4 is 34.9 Å². The van der Waals surface area contributed by atoms with Gasteiger partial charge in [-0.3, -0.25) is 14.2 Å². The number of hydrogen-bond donors (Lipinski definition) is 2. The van der Waals surface area contributed by atoms with E-state index in [1.54, 1.807) is 42.6 Å². The van der Waals surface area contributed by atoms with Crippen molar-refractivity contribution in [3.8, 4) is 5.69 Å². The molecular formula is C25H24ClFN4O3. The zero-order valence-electron chi connectivity index (χ0n) is 18.7. The third-order valence-electron chi connectivity index (χ3n) is 5.72. The Morgan fingerprint density at radius 1 is 1.06 bits per heavy atom. The number of halogens is 2. The molecule has 4 rings (SSSR count). The number of benzene rings is 2. The van der Waals surface area contributed by atoms with Crippen LogP contribution in [0.15, 0.2) is 65.6 Å². The number of nitrogens with one attached hydrogen (secondary N) is 2. The minimum atomic E-state index is -0.749. The molecule has 9 heteroatoms. The lowest BCUT2D eigenvalue weighted by Gasteiger charge is -2.24. The average Bonchev–Trinajstić information content (AvgIpc) is 3.20. The SMILES string of the molecule is Cc1ccc(=O)n(-c2ccc(NC(=O)[C@H]3C[C@@H](C)CN3C(=O)Nc3ccc(Cl)cc3)c(F)c2)c1. The van der Waals surface area contributed by atoms with Crippen molar-refractivity contribution in [2.45, 2.75) is 26.3 Å². The number of anilines is 2. The molecule has 2 N–H and O–H groups in total. The maximum atomic E-state index is 14.8. The molecule has 0 saturated carbocycles. The third kappa shape index (κ3) is 5.12. The number of likely N-dealkylation sites (tertiary alicyclic amines) is 1. The first-order valence-corrected chi connectivity index (χ1v) is 11.2. The first-order valence-electron chi connectivity index (χ1n) is 10.8. The second-order valence-corrected chi connectivity index (χ2v) is 8.95. The molecule has 0 aliphatic carbocycles. The normalized spacial score (nSPS) is 17.5. The Hall–Kier alpha value is -3.65. The molecule has 2 atom stereocenters. The molecular weight excluding hydrogens is 459 g/mol. The number of urea groups is 1. The van der Waals surface area contributed by atoms with Crippen molar-refractivity contribution in [2.75, 3.05) is 17.2 Å². The molecule has 1 aliphatic rings. The fraction of sp³-hybridized carbons (Fsp3) is 0.240. The molecule has 2 heterocycles. The highest BCUT2D eigenvalue weighted by molar-refractivity contribution is 6.30. The maximum Gasteiger partial charge on any atom is 0.322 e. The number of carbonyl (C=O) groups is 2. The summed E-state index contributed by atoms with van der Waals surface area (Å²) in [5.41, 5.74) is 1.45. The van der Waals surface area contributed by atoms with Gasteiger partial charge < -0.3 is 15.5 Å². The summed E-state index contributed by atoms with van der Waals surface area (Å²) < 4.78 is 16.2. The van der Waals surface area contributed by atoms with Crippen LogP contribution in [-0.2, 0) is 4.79 Å². The van der Waals surface area contributed by atoms with Crippen molar-refractivity contribution in [3.05, 3.63) is 87.6 Å². The number of carbonyl (C=O) groups excluding carboxylic acids is 2. The van der Waals surface area contributed by atoms with Gasteiger partial charge in [0.15, 0.2) is 0 Å². The Labute approximate surface area is 201 Å². The second kappa shape index (κ2) is 9.69. The van der Waals surface area contributed by atoms with Crippen LogP contribution in [0, 0.1) is 18.7 Å². The maximum absolute atomic E-state index is 14.8. The van der Waals surface area contributed by atoms with Gasteiger partial charge in [0, 0.05) is 35.6 Å². The van der Waals surface area contributed by atoms with Gasteiger partial charge in [-0.1, -0.05) is 24.6 Å². The van der Waals surface area contributed by atoms with E-state index in [9.17, 15) is 18.8 Å². The lowest BCUT2D eigenvalue weighted by molar-refractivity contribution is -0.119. The number of nitrogens with zero attached hydrogens (tertiary/aromatic N) is 2. The van der Waals surface area contributed by atoms with E-state index in [1.165, 1.54) is 27.7 Å². The number of pyridine rings is 1. The van der Waals surface area contributed by atoms with E-state index >= 15 is 0 Å². The van der Waals surface area contributed by atoms with Crippen molar-refractivity contribution in [1.82, 2.24) is 9.47 Å². The molecule has 3 aromatic rings. The summed E-state index contributed by atoms with van der Waals surface area (Å²) in [6.45, 7) is 4.18. The van der Waals surface area contributed by atoms with Crippen LogP contribution in [0.2, 0.25) is 5.02 Å². The standard InChI is InChI=1S/C25H24ClFN4O3/c1-15-3-10-23(32)30(13-15)19-8-9-21(20(27)12-19)29-24(33)22-11-16(2)14-31(22)25(34)28-18-6-4-17(26)5-7-18/h3-10,12-13,16,22H,11,14H2,1-2H3,(H,28,34)(H,29,33)/t16-,22-/m1/s1. The van der Waals surface area contributed by atoms with Crippen molar-refractivity contribution in [1.29, 1.82) is 0 Å². The Bertz CT molecular complexity index is 1290. The first kappa shape index (κ1) is 23.5. The summed E-state index contributed by atoms with van der Waals surface area (Å²) in [6.07, 6.45) is 2.07. The van der Waals surface area contributed by atoms with Gasteiger partial charge in [0.1, 0.15) is 11.9 Å². The average molecular weight is 483 g/mol. The van der Waals surface area contributed by atoms with Gasteiger partial charge in [0.2, 0.25) is 5.91 Å². The smallest absolute Gasteiger partial charge is 0.322 e. The van der Waals surface area contributed by atoms with Crippen molar-refractivity contribution < 1.29 is 14.0 Å². The predicted molar refractivity (Wildman–Crippen MR) is 130 cm³/mol. The van der Waals surface area contributed by atoms with Crippen LogP contribution in [-0.4, -0.2) is 34.0 Å². The third-order valence-corrected chi connectivity index (χ3v) is 5.97. The van der Waals surface area contributed by atoms with Crippen LogP contribution in [0.3, 0.4) is 0 Å². The van der Waals surface area contributed by atoms with Crippen LogP contribution in [0.25, 0.3) is 5.69 Å². The molecule has 0 radical (unpaired) electrons. The van der Waals surface area contributed by atoms with Crippen LogP contribution in [0.1, 0.15) is 18.9 Å². The lowest BCUT2D eigenvalue weighted by atomic mass is 10.1. The van der Waals surface area contributed by atoms with Gasteiger partial charge >= 0.3 is 6.03 Å². The van der Waals surface area contributed by atoms with E-state index in [0.29, 0.717) is 29.4 Å². The second-order valence-electron chi connectivity index (χ2n) is 8.51. The Balaban J connectivity index is 1.49. The first-order chi connectivity index (χ1) is 16.2. The Kier molecular flexibility index (Phi) is 6.70. The van der Waals surface area contributed by atoms with Gasteiger partial charge in [0.25, 0.3) is 5.56 Å². The molecule has 3 amide bonds. The van der Waals surface area contributed by atoms with Crippen LogP contribution in [0.4, 0.5) is 20.6 Å². The number of hydrogen-bond acceptors (Lipinski definition) is 3. The van der Waals surface area contributed by atoms with Crippen LogP contribution < -0.4 is 16.2 Å². The van der Waals surface area contributed by atoms with E-state index in [-0.39, 0.29) is 17.2 Å². The van der Waals surface area contributed by atoms with E-state index in [1.807, 2.05) is 13.8 Å². The van der Waals surface area contributed by atoms with Crippen LogP contribution >= 0.6 is 11.6 Å². The van der Waals surface area contributed by atoms with Crippen LogP contribution in [0.5, 0.6) is 0 Å². The van der Waals surface area contributed by atoms with Gasteiger partial charge in [-0.2, -0.15) is 0 Å². The molecule has 7 nitrogen and oxygen atoms in total. The minimum absolute atomic E-state index is 0.0212. The molecule has 1 aromatic heterocycles. The highest BCUT2D eigenvalue weighted by atomic mass is 35.5. The Morgan fingerprint density at radius 2 is 1.79 bits per heavy atom. The van der Waals surface area contributed by atoms with Gasteiger partial charge in [-0.05, 0) is 61.2 Å². The number of amides is 3. The predicted octanol–water partition coefficient (Wildman–Crippen LogP) is 4.82. The molecule has 0 bridgehead atoms. The Morgan fingerprint density at radius 3 is 2.50 bits per heavy atom. The summed E-state index contributed by atoms with van der Waals surface area (Å²) in [5, 5.41) is 5.91. The summed E-state index contributed by atoms with van der Waals surface area (Å²) in [6, 6.07) is 12.7. The molecule has 1 fully saturated rings. The van der Waals surface area contributed by atoms with Gasteiger partial charge in [-0.15, -0.1) is 0 Å². The fourth-order valence-electron chi connectivity index (χ4n) is 4.01. The quantitative estimate of drug-likeness (QED) is 0.559.